The van der Waals surface area contributed by atoms with Crippen LogP contribution >= 0.6 is 0 Å². The Labute approximate surface area is 125 Å². The van der Waals surface area contributed by atoms with E-state index in [1.54, 1.807) is 7.11 Å². The number of hydrogen-bond donors (Lipinski definition) is 1. The molecule has 0 fully saturated rings. The maximum Gasteiger partial charge on any atom is 0.119 e. The number of nitrogens with zero attached hydrogens (tertiary/aromatic N) is 1. The molecule has 0 aromatic heterocycles. The number of nitrogens with one attached hydrogen (secondary N) is 1. The third-order valence-corrected chi connectivity index (χ3v) is 3.74. The van der Waals surface area contributed by atoms with E-state index in [9.17, 15) is 0 Å². The zero-order chi connectivity index (χ0) is 14.8. The normalized spacial score (nSPS) is 14.7. The molecule has 0 spiro atoms. The Bertz CT molecular complexity index is 672. The second kappa shape index (κ2) is 5.52. The largest absolute Gasteiger partial charge is 0.497 e. The van der Waals surface area contributed by atoms with E-state index in [1.165, 1.54) is 28.2 Å². The van der Waals surface area contributed by atoms with Crippen molar-refractivity contribution < 1.29 is 4.74 Å². The summed E-state index contributed by atoms with van der Waals surface area (Å²) >= 11 is 0. The number of anilines is 2. The van der Waals surface area contributed by atoms with Gasteiger partial charge in [0.2, 0.25) is 0 Å². The van der Waals surface area contributed by atoms with Crippen LogP contribution in [0.25, 0.3) is 6.08 Å². The van der Waals surface area contributed by atoms with E-state index < -0.39 is 0 Å². The van der Waals surface area contributed by atoms with Gasteiger partial charge in [-0.25, -0.2) is 0 Å². The van der Waals surface area contributed by atoms with Crippen LogP contribution in [0, 0.1) is 0 Å². The molecule has 108 valence electrons. The number of benzene rings is 2. The molecule has 1 aliphatic rings. The van der Waals surface area contributed by atoms with Crippen molar-refractivity contribution in [1.29, 1.82) is 0 Å². The lowest BCUT2D eigenvalue weighted by atomic mass is 10.1. The molecule has 1 N–H and O–H groups in total. The summed E-state index contributed by atoms with van der Waals surface area (Å²) in [4.78, 5) is 2.10. The molecule has 0 bridgehead atoms. The zero-order valence-electron chi connectivity index (χ0n) is 12.7. The van der Waals surface area contributed by atoms with Crippen LogP contribution in [0.2, 0.25) is 0 Å². The summed E-state index contributed by atoms with van der Waals surface area (Å²) in [5, 5.41) is 3.47. The summed E-state index contributed by atoms with van der Waals surface area (Å²) in [6.45, 7) is 0. The summed E-state index contributed by atoms with van der Waals surface area (Å²) in [5.41, 5.74) is 6.10. The smallest absolute Gasteiger partial charge is 0.119 e. The highest BCUT2D eigenvalue weighted by Crippen LogP contribution is 2.32. The van der Waals surface area contributed by atoms with Gasteiger partial charge in [-0.05, 0) is 47.5 Å². The molecular formula is C18H20N2O. The first-order chi connectivity index (χ1) is 10.2. The van der Waals surface area contributed by atoms with Crippen molar-refractivity contribution in [2.45, 2.75) is 6.42 Å². The fraction of sp³-hybridized carbons (Fsp3) is 0.222. The van der Waals surface area contributed by atoms with E-state index in [4.69, 9.17) is 4.74 Å². The Morgan fingerprint density at radius 3 is 2.52 bits per heavy atom. The molecule has 0 saturated heterocycles. The van der Waals surface area contributed by atoms with Crippen LogP contribution in [-0.4, -0.2) is 21.2 Å². The van der Waals surface area contributed by atoms with Crippen LogP contribution < -0.4 is 15.0 Å². The quantitative estimate of drug-likeness (QED) is 0.926. The van der Waals surface area contributed by atoms with Gasteiger partial charge in [0.05, 0.1) is 7.11 Å². The molecule has 1 aliphatic heterocycles. The zero-order valence-corrected chi connectivity index (χ0v) is 12.7. The van der Waals surface area contributed by atoms with Gasteiger partial charge in [0, 0.05) is 37.6 Å². The van der Waals surface area contributed by atoms with Crippen LogP contribution in [0.15, 0.2) is 48.2 Å². The molecule has 0 aliphatic carbocycles. The van der Waals surface area contributed by atoms with Crippen molar-refractivity contribution in [3.05, 3.63) is 59.3 Å². The molecule has 3 nitrogen and oxygen atoms in total. The first kappa shape index (κ1) is 13.6. The van der Waals surface area contributed by atoms with Crippen molar-refractivity contribution in [3.63, 3.8) is 0 Å². The Hall–Kier alpha value is -2.42. The van der Waals surface area contributed by atoms with Gasteiger partial charge in [0.25, 0.3) is 0 Å². The minimum Gasteiger partial charge on any atom is -0.497 e. The summed E-state index contributed by atoms with van der Waals surface area (Å²) in [6.07, 6.45) is 3.12. The average Bonchev–Trinajstić information content (AvgIpc) is 2.88. The lowest BCUT2D eigenvalue weighted by molar-refractivity contribution is 0.414. The maximum atomic E-state index is 5.28. The molecule has 3 rings (SSSR count). The van der Waals surface area contributed by atoms with Gasteiger partial charge in [-0.2, -0.15) is 0 Å². The summed E-state index contributed by atoms with van der Waals surface area (Å²) in [6, 6.07) is 14.7. The van der Waals surface area contributed by atoms with Crippen molar-refractivity contribution in [1.82, 2.24) is 0 Å². The van der Waals surface area contributed by atoms with Gasteiger partial charge in [-0.15, -0.1) is 0 Å². The molecule has 0 amide bonds. The molecule has 0 unspecified atom stereocenters. The highest BCUT2D eigenvalue weighted by Gasteiger charge is 2.15. The van der Waals surface area contributed by atoms with Crippen molar-refractivity contribution in [3.8, 4) is 5.75 Å². The third kappa shape index (κ3) is 2.87. The molecular weight excluding hydrogens is 260 g/mol. The van der Waals surface area contributed by atoms with Gasteiger partial charge >= 0.3 is 0 Å². The van der Waals surface area contributed by atoms with Crippen LogP contribution in [-0.2, 0) is 6.42 Å². The SMILES string of the molecule is COc1ccc2c(c1)CC(=Cc1ccc(N(C)C)cc1)N2. The van der Waals surface area contributed by atoms with E-state index in [0.717, 1.165) is 12.2 Å². The standard InChI is InChI=1S/C18H20N2O/c1-20(2)16-6-4-13(5-7-16)10-15-11-14-12-17(21-3)8-9-18(14)19-15/h4-10,12,19H,11H2,1-3H3. The minimum absolute atomic E-state index is 0.909. The number of hydrogen-bond acceptors (Lipinski definition) is 3. The minimum atomic E-state index is 0.909. The van der Waals surface area contributed by atoms with Gasteiger partial charge in [-0.3, -0.25) is 0 Å². The Balaban J connectivity index is 1.79. The summed E-state index contributed by atoms with van der Waals surface area (Å²) in [5.74, 6) is 0.909. The second-order valence-corrected chi connectivity index (χ2v) is 5.48. The van der Waals surface area contributed by atoms with Crippen LogP contribution in [0.3, 0.4) is 0 Å². The third-order valence-electron chi connectivity index (χ3n) is 3.74. The number of ether oxygens (including phenoxy) is 1. The first-order valence-electron chi connectivity index (χ1n) is 7.07. The summed E-state index contributed by atoms with van der Waals surface area (Å²) < 4.78 is 5.28. The van der Waals surface area contributed by atoms with Gasteiger partial charge < -0.3 is 15.0 Å². The van der Waals surface area contributed by atoms with Crippen molar-refractivity contribution in [2.24, 2.45) is 0 Å². The molecule has 0 radical (unpaired) electrons. The van der Waals surface area contributed by atoms with Gasteiger partial charge in [-0.1, -0.05) is 12.1 Å². The summed E-state index contributed by atoms with van der Waals surface area (Å²) in [7, 11) is 5.80. The van der Waals surface area contributed by atoms with Crippen LogP contribution in [0.1, 0.15) is 11.1 Å². The van der Waals surface area contributed by atoms with Gasteiger partial charge in [0.1, 0.15) is 5.75 Å². The van der Waals surface area contributed by atoms with E-state index in [-0.39, 0.29) is 0 Å². The Morgan fingerprint density at radius 2 is 1.86 bits per heavy atom. The first-order valence-corrected chi connectivity index (χ1v) is 7.07. The number of fused-ring (bicyclic) bond motifs is 1. The van der Waals surface area contributed by atoms with Crippen LogP contribution in [0.4, 0.5) is 11.4 Å². The predicted octanol–water partition coefficient (Wildman–Crippen LogP) is 3.77. The molecule has 1 heterocycles. The van der Waals surface area contributed by atoms with E-state index in [2.05, 4.69) is 66.8 Å². The number of allylic oxidation sites excluding steroid dienone is 1. The average molecular weight is 280 g/mol. The number of rotatable bonds is 3. The van der Waals surface area contributed by atoms with Gasteiger partial charge in [0.15, 0.2) is 0 Å². The fourth-order valence-corrected chi connectivity index (χ4v) is 2.54. The highest BCUT2D eigenvalue weighted by atomic mass is 16.5. The Kier molecular flexibility index (Phi) is 3.57. The van der Waals surface area contributed by atoms with Crippen molar-refractivity contribution >= 4 is 17.5 Å². The second-order valence-electron chi connectivity index (χ2n) is 5.48. The monoisotopic (exact) mass is 280 g/mol. The molecule has 2 aromatic rings. The lowest BCUT2D eigenvalue weighted by Gasteiger charge is -2.12. The highest BCUT2D eigenvalue weighted by molar-refractivity contribution is 5.70. The molecule has 21 heavy (non-hydrogen) atoms. The molecule has 3 heteroatoms. The van der Waals surface area contributed by atoms with Crippen molar-refractivity contribution in [2.75, 3.05) is 31.4 Å². The molecule has 0 saturated carbocycles. The van der Waals surface area contributed by atoms with E-state index >= 15 is 0 Å². The lowest BCUT2D eigenvalue weighted by Crippen LogP contribution is -2.07. The number of methoxy groups -OCH3 is 1. The van der Waals surface area contributed by atoms with E-state index in [1.807, 2.05) is 6.07 Å². The predicted molar refractivity (Wildman–Crippen MR) is 89.1 cm³/mol. The van der Waals surface area contributed by atoms with E-state index in [0.29, 0.717) is 0 Å². The van der Waals surface area contributed by atoms with Crippen LogP contribution in [0.5, 0.6) is 5.75 Å². The fourth-order valence-electron chi connectivity index (χ4n) is 2.54. The topological polar surface area (TPSA) is 24.5 Å². The maximum absolute atomic E-state index is 5.28. The Morgan fingerprint density at radius 1 is 1.10 bits per heavy atom. The molecule has 2 aromatic carbocycles. The molecule has 0 atom stereocenters.